The molecule has 21 heavy (non-hydrogen) atoms. The van der Waals surface area contributed by atoms with Gasteiger partial charge in [0.2, 0.25) is 0 Å². The molecule has 110 valence electrons. The van der Waals surface area contributed by atoms with Crippen LogP contribution >= 0.6 is 0 Å². The maximum Gasteiger partial charge on any atom is 0.332 e. The first kappa shape index (κ1) is 13.5. The molecular formula is C14H15N3O4. The molecule has 3 amide bonds. The van der Waals surface area contributed by atoms with E-state index in [4.69, 9.17) is 0 Å². The zero-order valence-corrected chi connectivity index (χ0v) is 11.6. The monoisotopic (exact) mass is 289 g/mol. The van der Waals surface area contributed by atoms with Gasteiger partial charge in [-0.25, -0.2) is 9.69 Å². The van der Waals surface area contributed by atoms with E-state index in [0.29, 0.717) is 24.2 Å². The zero-order chi connectivity index (χ0) is 15.1. The number of urea groups is 1. The van der Waals surface area contributed by atoms with E-state index < -0.39 is 11.0 Å². The minimum Gasteiger partial charge on any atom is -0.312 e. The van der Waals surface area contributed by atoms with Crippen LogP contribution in [0.3, 0.4) is 0 Å². The van der Waals surface area contributed by atoms with Gasteiger partial charge in [0, 0.05) is 18.7 Å². The van der Waals surface area contributed by atoms with Crippen molar-refractivity contribution < 1.29 is 14.5 Å². The van der Waals surface area contributed by atoms with E-state index in [1.165, 1.54) is 12.1 Å². The van der Waals surface area contributed by atoms with Crippen molar-refractivity contribution in [1.82, 2.24) is 4.90 Å². The third-order valence-electron chi connectivity index (χ3n) is 4.09. The standard InChI is InChI=1S/C14H15N3O4/c1-9-5-6-10(17(20)21)8-12(9)16-13(18)11-4-2-3-7-15(11)14(16)19/h5-6,8,11H,2-4,7H2,1H3. The Kier molecular flexibility index (Phi) is 3.12. The molecule has 1 aromatic carbocycles. The predicted molar refractivity (Wildman–Crippen MR) is 75.1 cm³/mol. The van der Waals surface area contributed by atoms with E-state index >= 15 is 0 Å². The van der Waals surface area contributed by atoms with E-state index in [1.807, 2.05) is 0 Å². The molecule has 1 aromatic rings. The van der Waals surface area contributed by atoms with E-state index in [-0.39, 0.29) is 17.6 Å². The fourth-order valence-electron chi connectivity index (χ4n) is 2.96. The number of nitro benzene ring substituents is 1. The minimum absolute atomic E-state index is 0.124. The van der Waals surface area contributed by atoms with Crippen molar-refractivity contribution in [2.75, 3.05) is 11.4 Å². The van der Waals surface area contributed by atoms with E-state index in [0.717, 1.165) is 17.7 Å². The second-order valence-corrected chi connectivity index (χ2v) is 5.39. The van der Waals surface area contributed by atoms with Crippen LogP contribution in [0, 0.1) is 17.0 Å². The number of imide groups is 1. The average molecular weight is 289 g/mol. The van der Waals surface area contributed by atoms with Crippen LogP contribution in [-0.4, -0.2) is 34.3 Å². The van der Waals surface area contributed by atoms with Gasteiger partial charge in [0.1, 0.15) is 6.04 Å². The number of nitro groups is 1. The number of benzene rings is 1. The molecule has 2 saturated heterocycles. The molecule has 0 bridgehead atoms. The lowest BCUT2D eigenvalue weighted by atomic mass is 10.0. The van der Waals surface area contributed by atoms with Gasteiger partial charge in [-0.1, -0.05) is 6.07 Å². The Morgan fingerprint density at radius 1 is 1.29 bits per heavy atom. The summed E-state index contributed by atoms with van der Waals surface area (Å²) in [5, 5.41) is 10.9. The Balaban J connectivity index is 2.04. The second-order valence-electron chi connectivity index (χ2n) is 5.39. The second kappa shape index (κ2) is 4.83. The molecule has 0 saturated carbocycles. The van der Waals surface area contributed by atoms with Crippen LogP contribution in [0.15, 0.2) is 18.2 Å². The summed E-state index contributed by atoms with van der Waals surface area (Å²) in [4.78, 5) is 38.0. The highest BCUT2D eigenvalue weighted by Gasteiger charge is 2.47. The van der Waals surface area contributed by atoms with Gasteiger partial charge in [-0.15, -0.1) is 0 Å². The predicted octanol–water partition coefficient (Wildman–Crippen LogP) is 2.22. The van der Waals surface area contributed by atoms with Gasteiger partial charge < -0.3 is 4.90 Å². The number of carbonyl (C=O) groups excluding carboxylic acids is 2. The summed E-state index contributed by atoms with van der Waals surface area (Å²) in [6.45, 7) is 2.30. The number of aryl methyl sites for hydroxylation is 1. The Bertz CT molecular complexity index is 619. The van der Waals surface area contributed by atoms with Gasteiger partial charge in [0.15, 0.2) is 0 Å². The quantitative estimate of drug-likeness (QED) is 0.475. The SMILES string of the molecule is Cc1ccc([N+](=O)[O-])cc1N1C(=O)C2CCCCN2C1=O. The van der Waals surface area contributed by atoms with E-state index in [1.54, 1.807) is 17.9 Å². The van der Waals surface area contributed by atoms with Crippen LogP contribution in [0.5, 0.6) is 0 Å². The lowest BCUT2D eigenvalue weighted by molar-refractivity contribution is -0.384. The highest BCUT2D eigenvalue weighted by atomic mass is 16.6. The number of fused-ring (bicyclic) bond motifs is 1. The molecule has 0 spiro atoms. The largest absolute Gasteiger partial charge is 0.332 e. The Morgan fingerprint density at radius 3 is 2.71 bits per heavy atom. The average Bonchev–Trinajstić information content (AvgIpc) is 2.72. The Hall–Kier alpha value is -2.44. The molecule has 2 fully saturated rings. The molecule has 0 aliphatic carbocycles. The topological polar surface area (TPSA) is 83.8 Å². The maximum atomic E-state index is 12.5. The number of non-ortho nitro benzene ring substituents is 1. The summed E-state index contributed by atoms with van der Waals surface area (Å²) < 4.78 is 0. The first-order chi connectivity index (χ1) is 10.0. The van der Waals surface area contributed by atoms with Gasteiger partial charge in [0.05, 0.1) is 10.6 Å². The molecule has 1 atom stereocenters. The van der Waals surface area contributed by atoms with E-state index in [9.17, 15) is 19.7 Å². The molecule has 0 radical (unpaired) electrons. The lowest BCUT2D eigenvalue weighted by Gasteiger charge is -2.26. The summed E-state index contributed by atoms with van der Waals surface area (Å²) in [6, 6.07) is 3.45. The maximum absolute atomic E-state index is 12.5. The van der Waals surface area contributed by atoms with Crippen molar-refractivity contribution in [2.24, 2.45) is 0 Å². The third kappa shape index (κ3) is 2.05. The molecule has 3 rings (SSSR count). The smallest absolute Gasteiger partial charge is 0.312 e. The normalized spacial score (nSPS) is 21.7. The van der Waals surface area contributed by atoms with Crippen LogP contribution in [0.2, 0.25) is 0 Å². The summed E-state index contributed by atoms with van der Waals surface area (Å²) in [6.07, 6.45) is 2.47. The third-order valence-corrected chi connectivity index (χ3v) is 4.09. The molecular weight excluding hydrogens is 274 g/mol. The highest BCUT2D eigenvalue weighted by Crippen LogP contribution is 2.34. The number of piperidine rings is 1. The molecule has 2 aliphatic rings. The number of hydrogen-bond donors (Lipinski definition) is 0. The van der Waals surface area contributed by atoms with Crippen LogP contribution in [-0.2, 0) is 4.79 Å². The van der Waals surface area contributed by atoms with E-state index in [2.05, 4.69) is 0 Å². The number of carbonyl (C=O) groups is 2. The van der Waals surface area contributed by atoms with Gasteiger partial charge in [-0.2, -0.15) is 0 Å². The number of rotatable bonds is 2. The van der Waals surface area contributed by atoms with Gasteiger partial charge in [0.25, 0.3) is 11.6 Å². The molecule has 1 unspecified atom stereocenters. The van der Waals surface area contributed by atoms with Gasteiger partial charge >= 0.3 is 6.03 Å². The van der Waals surface area contributed by atoms with Crippen LogP contribution in [0.1, 0.15) is 24.8 Å². The van der Waals surface area contributed by atoms with Crippen LogP contribution in [0.4, 0.5) is 16.2 Å². The minimum atomic E-state index is -0.526. The van der Waals surface area contributed by atoms with Crippen molar-refractivity contribution in [2.45, 2.75) is 32.2 Å². The summed E-state index contributed by atoms with van der Waals surface area (Å²) in [7, 11) is 0. The highest BCUT2D eigenvalue weighted by molar-refractivity contribution is 6.21. The number of hydrogen-bond acceptors (Lipinski definition) is 4. The Labute approximate surface area is 121 Å². The number of amides is 3. The van der Waals surface area contributed by atoms with Crippen LogP contribution < -0.4 is 4.90 Å². The molecule has 7 nitrogen and oxygen atoms in total. The van der Waals surface area contributed by atoms with Gasteiger partial charge in [-0.3, -0.25) is 14.9 Å². The molecule has 2 aliphatic heterocycles. The van der Waals surface area contributed by atoms with Crippen molar-refractivity contribution >= 4 is 23.3 Å². The first-order valence-electron chi connectivity index (χ1n) is 6.90. The van der Waals surface area contributed by atoms with Crippen molar-refractivity contribution in [1.29, 1.82) is 0 Å². The number of nitrogens with zero attached hydrogens (tertiary/aromatic N) is 3. The number of anilines is 1. The van der Waals surface area contributed by atoms with Crippen LogP contribution in [0.25, 0.3) is 0 Å². The van der Waals surface area contributed by atoms with Crippen molar-refractivity contribution in [3.8, 4) is 0 Å². The molecule has 0 N–H and O–H groups in total. The Morgan fingerprint density at radius 2 is 2.05 bits per heavy atom. The first-order valence-corrected chi connectivity index (χ1v) is 6.90. The lowest BCUT2D eigenvalue weighted by Crippen LogP contribution is -2.39. The van der Waals surface area contributed by atoms with Crippen molar-refractivity contribution in [3.63, 3.8) is 0 Å². The molecule has 0 aromatic heterocycles. The molecule has 2 heterocycles. The fourth-order valence-corrected chi connectivity index (χ4v) is 2.96. The summed E-state index contributed by atoms with van der Waals surface area (Å²) in [5.41, 5.74) is 0.858. The van der Waals surface area contributed by atoms with Gasteiger partial charge in [-0.05, 0) is 31.7 Å². The fraction of sp³-hybridized carbons (Fsp3) is 0.429. The van der Waals surface area contributed by atoms with Crippen molar-refractivity contribution in [3.05, 3.63) is 33.9 Å². The molecule has 7 heteroatoms. The summed E-state index contributed by atoms with van der Waals surface area (Å²) in [5.74, 6) is -0.275. The summed E-state index contributed by atoms with van der Waals surface area (Å²) >= 11 is 0. The zero-order valence-electron chi connectivity index (χ0n) is 11.6.